The zero-order valence-electron chi connectivity index (χ0n) is 11.3. The average Bonchev–Trinajstić information content (AvgIpc) is 2.46. The quantitative estimate of drug-likeness (QED) is 0.830. The van der Waals surface area contributed by atoms with Gasteiger partial charge in [-0.1, -0.05) is 36.4 Å². The SMILES string of the molecule is NC(CSc1ccccc1)Cc1cccc(C(F)(F)F)c1. The molecule has 2 aromatic carbocycles. The van der Waals surface area contributed by atoms with Crippen molar-refractivity contribution in [1.82, 2.24) is 0 Å². The minimum Gasteiger partial charge on any atom is -0.327 e. The summed E-state index contributed by atoms with van der Waals surface area (Å²) in [6.45, 7) is 0. The highest BCUT2D eigenvalue weighted by atomic mass is 32.2. The topological polar surface area (TPSA) is 26.0 Å². The van der Waals surface area contributed by atoms with Crippen LogP contribution in [0.4, 0.5) is 13.2 Å². The van der Waals surface area contributed by atoms with Crippen molar-refractivity contribution in [2.24, 2.45) is 5.73 Å². The maximum atomic E-state index is 12.6. The van der Waals surface area contributed by atoms with E-state index in [1.165, 1.54) is 12.1 Å². The summed E-state index contributed by atoms with van der Waals surface area (Å²) in [5.74, 6) is 0.667. The van der Waals surface area contributed by atoms with Crippen LogP contribution >= 0.6 is 11.8 Å². The third-order valence-corrected chi connectivity index (χ3v) is 4.16. The summed E-state index contributed by atoms with van der Waals surface area (Å²) in [5, 5.41) is 0. The van der Waals surface area contributed by atoms with Gasteiger partial charge in [0.1, 0.15) is 0 Å². The largest absolute Gasteiger partial charge is 0.416 e. The van der Waals surface area contributed by atoms with Crippen LogP contribution in [0, 0.1) is 0 Å². The Morgan fingerprint density at radius 1 is 1.00 bits per heavy atom. The first-order chi connectivity index (χ1) is 9.95. The lowest BCUT2D eigenvalue weighted by Crippen LogP contribution is -2.25. The van der Waals surface area contributed by atoms with E-state index in [1.807, 2.05) is 30.3 Å². The molecule has 1 atom stereocenters. The molecule has 0 fully saturated rings. The molecule has 0 aliphatic rings. The zero-order valence-corrected chi connectivity index (χ0v) is 12.1. The van der Waals surface area contributed by atoms with E-state index in [2.05, 4.69) is 0 Å². The Bertz CT molecular complexity index is 569. The van der Waals surface area contributed by atoms with E-state index in [9.17, 15) is 13.2 Å². The highest BCUT2D eigenvalue weighted by Gasteiger charge is 2.30. The average molecular weight is 311 g/mol. The summed E-state index contributed by atoms with van der Waals surface area (Å²) < 4.78 is 37.9. The molecule has 0 aromatic heterocycles. The van der Waals surface area contributed by atoms with Crippen molar-refractivity contribution in [2.75, 3.05) is 5.75 Å². The molecule has 5 heteroatoms. The first-order valence-corrected chi connectivity index (χ1v) is 7.53. The van der Waals surface area contributed by atoms with Crippen LogP contribution in [-0.4, -0.2) is 11.8 Å². The summed E-state index contributed by atoms with van der Waals surface area (Å²) in [6.07, 6.45) is -3.87. The second-order valence-corrected chi connectivity index (χ2v) is 5.88. The predicted octanol–water partition coefficient (Wildman–Crippen LogP) is 4.37. The number of benzene rings is 2. The van der Waals surface area contributed by atoms with Crippen LogP contribution in [0.5, 0.6) is 0 Å². The normalized spacial score (nSPS) is 13.1. The van der Waals surface area contributed by atoms with Gasteiger partial charge in [-0.3, -0.25) is 0 Å². The van der Waals surface area contributed by atoms with E-state index in [0.717, 1.165) is 11.0 Å². The van der Waals surface area contributed by atoms with Crippen molar-refractivity contribution in [2.45, 2.75) is 23.5 Å². The maximum absolute atomic E-state index is 12.6. The lowest BCUT2D eigenvalue weighted by Gasteiger charge is -2.13. The van der Waals surface area contributed by atoms with Crippen LogP contribution in [0.25, 0.3) is 0 Å². The summed E-state index contributed by atoms with van der Waals surface area (Å²) in [7, 11) is 0. The number of alkyl halides is 3. The van der Waals surface area contributed by atoms with Crippen LogP contribution in [0.1, 0.15) is 11.1 Å². The fourth-order valence-electron chi connectivity index (χ4n) is 1.96. The molecular weight excluding hydrogens is 295 g/mol. The highest BCUT2D eigenvalue weighted by Crippen LogP contribution is 2.29. The number of hydrogen-bond donors (Lipinski definition) is 1. The Balaban J connectivity index is 1.92. The van der Waals surface area contributed by atoms with Gasteiger partial charge in [0.25, 0.3) is 0 Å². The molecule has 2 N–H and O–H groups in total. The smallest absolute Gasteiger partial charge is 0.327 e. The molecule has 0 spiro atoms. The zero-order chi connectivity index (χ0) is 15.3. The van der Waals surface area contributed by atoms with Crippen molar-refractivity contribution in [3.63, 3.8) is 0 Å². The summed E-state index contributed by atoms with van der Waals surface area (Å²) in [5.41, 5.74) is 6.00. The fourth-order valence-corrected chi connectivity index (χ4v) is 2.83. The monoisotopic (exact) mass is 311 g/mol. The van der Waals surface area contributed by atoms with E-state index >= 15 is 0 Å². The lowest BCUT2D eigenvalue weighted by molar-refractivity contribution is -0.137. The first kappa shape index (κ1) is 15.9. The van der Waals surface area contributed by atoms with Crippen LogP contribution in [0.2, 0.25) is 0 Å². The molecule has 1 unspecified atom stereocenters. The number of thioether (sulfide) groups is 1. The standard InChI is InChI=1S/C16H16F3NS/c17-16(18,19)13-6-4-5-12(9-13)10-14(20)11-21-15-7-2-1-3-8-15/h1-9,14H,10-11,20H2. The molecule has 0 aliphatic heterocycles. The van der Waals surface area contributed by atoms with Crippen molar-refractivity contribution < 1.29 is 13.2 Å². The molecule has 0 aliphatic carbocycles. The molecular formula is C16H16F3NS. The Labute approximate surface area is 126 Å². The fraction of sp³-hybridized carbons (Fsp3) is 0.250. The second-order valence-electron chi connectivity index (χ2n) is 4.79. The molecule has 0 radical (unpaired) electrons. The minimum atomic E-state index is -4.31. The molecule has 21 heavy (non-hydrogen) atoms. The molecule has 0 saturated heterocycles. The van der Waals surface area contributed by atoms with E-state index in [4.69, 9.17) is 5.73 Å². The summed E-state index contributed by atoms with van der Waals surface area (Å²) >= 11 is 1.61. The lowest BCUT2D eigenvalue weighted by atomic mass is 10.0. The summed E-state index contributed by atoms with van der Waals surface area (Å²) in [6, 6.07) is 15.0. The molecule has 1 nitrogen and oxygen atoms in total. The van der Waals surface area contributed by atoms with Gasteiger partial charge in [0, 0.05) is 16.7 Å². The number of halogens is 3. The summed E-state index contributed by atoms with van der Waals surface area (Å²) in [4.78, 5) is 1.11. The highest BCUT2D eigenvalue weighted by molar-refractivity contribution is 7.99. The number of rotatable bonds is 5. The molecule has 2 aromatic rings. The molecule has 0 saturated carbocycles. The Morgan fingerprint density at radius 3 is 2.38 bits per heavy atom. The molecule has 0 bridgehead atoms. The Hall–Kier alpha value is -1.46. The van der Waals surface area contributed by atoms with E-state index in [-0.39, 0.29) is 6.04 Å². The Kier molecular flexibility index (Phi) is 5.31. The van der Waals surface area contributed by atoms with Gasteiger partial charge >= 0.3 is 6.18 Å². The van der Waals surface area contributed by atoms with E-state index in [0.29, 0.717) is 17.7 Å². The third kappa shape index (κ3) is 5.10. The maximum Gasteiger partial charge on any atom is 0.416 e. The first-order valence-electron chi connectivity index (χ1n) is 6.55. The van der Waals surface area contributed by atoms with Crippen molar-refractivity contribution in [1.29, 1.82) is 0 Å². The van der Waals surface area contributed by atoms with E-state index < -0.39 is 11.7 Å². The van der Waals surface area contributed by atoms with Crippen LogP contribution in [0.15, 0.2) is 59.5 Å². The van der Waals surface area contributed by atoms with Gasteiger partial charge in [-0.15, -0.1) is 11.8 Å². The third-order valence-electron chi connectivity index (χ3n) is 2.96. The minimum absolute atomic E-state index is 0.182. The van der Waals surface area contributed by atoms with Crippen molar-refractivity contribution in [3.05, 3.63) is 65.7 Å². The van der Waals surface area contributed by atoms with Gasteiger partial charge in [-0.05, 0) is 30.2 Å². The van der Waals surface area contributed by atoms with Gasteiger partial charge in [-0.2, -0.15) is 13.2 Å². The molecule has 112 valence electrons. The van der Waals surface area contributed by atoms with Crippen molar-refractivity contribution >= 4 is 11.8 Å². The van der Waals surface area contributed by atoms with E-state index in [1.54, 1.807) is 17.8 Å². The second kappa shape index (κ2) is 7.00. The number of hydrogen-bond acceptors (Lipinski definition) is 2. The van der Waals surface area contributed by atoms with Gasteiger partial charge in [0.15, 0.2) is 0 Å². The van der Waals surface area contributed by atoms with Crippen LogP contribution in [0.3, 0.4) is 0 Å². The van der Waals surface area contributed by atoms with Crippen molar-refractivity contribution in [3.8, 4) is 0 Å². The number of nitrogens with two attached hydrogens (primary N) is 1. The van der Waals surface area contributed by atoms with Gasteiger partial charge in [-0.25, -0.2) is 0 Å². The molecule has 0 amide bonds. The van der Waals surface area contributed by atoms with Gasteiger partial charge in [0.2, 0.25) is 0 Å². The Morgan fingerprint density at radius 2 is 1.71 bits per heavy atom. The van der Waals surface area contributed by atoms with Gasteiger partial charge in [0.05, 0.1) is 5.56 Å². The molecule has 0 heterocycles. The van der Waals surface area contributed by atoms with Crippen LogP contribution in [-0.2, 0) is 12.6 Å². The van der Waals surface area contributed by atoms with Crippen LogP contribution < -0.4 is 5.73 Å². The predicted molar refractivity (Wildman–Crippen MR) is 80.3 cm³/mol. The molecule has 2 rings (SSSR count). The van der Waals surface area contributed by atoms with Gasteiger partial charge < -0.3 is 5.73 Å².